The minimum absolute atomic E-state index is 0.0512. The largest absolute Gasteiger partial charge is 0.362 e. The summed E-state index contributed by atoms with van der Waals surface area (Å²) in [5, 5.41) is 5.87. The third kappa shape index (κ3) is 2.96. The summed E-state index contributed by atoms with van der Waals surface area (Å²) in [5.74, 6) is -0.0512. The summed E-state index contributed by atoms with van der Waals surface area (Å²) in [5.41, 5.74) is -0.142. The molecule has 4 heteroatoms. The summed E-state index contributed by atoms with van der Waals surface area (Å²) in [4.78, 5) is 11.3. The fourth-order valence-electron chi connectivity index (χ4n) is 1.76. The van der Waals surface area contributed by atoms with Crippen molar-refractivity contribution in [3.05, 3.63) is 0 Å². The molecule has 1 aliphatic rings. The molecule has 1 atom stereocenters. The Hall–Kier alpha value is -0.610. The summed E-state index contributed by atoms with van der Waals surface area (Å²) in [6.45, 7) is 5.81. The lowest BCUT2D eigenvalue weighted by Gasteiger charge is -2.36. The zero-order valence-electron chi connectivity index (χ0n) is 9.22. The van der Waals surface area contributed by atoms with Crippen LogP contribution in [0.25, 0.3) is 0 Å². The molecule has 0 aromatic rings. The summed E-state index contributed by atoms with van der Waals surface area (Å²) < 4.78 is 5.78. The lowest BCUT2D eigenvalue weighted by Crippen LogP contribution is -2.46. The van der Waals surface area contributed by atoms with Gasteiger partial charge in [-0.25, -0.2) is 0 Å². The van der Waals surface area contributed by atoms with Crippen molar-refractivity contribution in [1.82, 2.24) is 10.6 Å². The van der Waals surface area contributed by atoms with Gasteiger partial charge in [0.05, 0.1) is 5.60 Å². The fraction of sp³-hybridized carbons (Fsp3) is 0.900. The van der Waals surface area contributed by atoms with Crippen molar-refractivity contribution < 1.29 is 9.53 Å². The second kappa shape index (κ2) is 4.75. The van der Waals surface area contributed by atoms with Crippen molar-refractivity contribution in [1.29, 1.82) is 0 Å². The van der Waals surface area contributed by atoms with Gasteiger partial charge in [0.1, 0.15) is 6.10 Å². The molecule has 1 heterocycles. The van der Waals surface area contributed by atoms with Crippen LogP contribution in [0.1, 0.15) is 26.7 Å². The maximum atomic E-state index is 11.3. The number of hydrogen-bond acceptors (Lipinski definition) is 3. The number of rotatable bonds is 3. The second-order valence-electron chi connectivity index (χ2n) is 4.07. The first-order chi connectivity index (χ1) is 6.57. The first kappa shape index (κ1) is 11.5. The summed E-state index contributed by atoms with van der Waals surface area (Å²) in [6, 6.07) is 0. The third-order valence-electron chi connectivity index (χ3n) is 2.74. The lowest BCUT2D eigenvalue weighted by molar-refractivity contribution is -0.146. The van der Waals surface area contributed by atoms with E-state index >= 15 is 0 Å². The predicted octanol–water partition coefficient (Wildman–Crippen LogP) is 0.280. The molecule has 14 heavy (non-hydrogen) atoms. The maximum absolute atomic E-state index is 11.3. The molecular weight excluding hydrogens is 180 g/mol. The molecule has 82 valence electrons. The predicted molar refractivity (Wildman–Crippen MR) is 55.1 cm³/mol. The van der Waals surface area contributed by atoms with Gasteiger partial charge in [-0.05, 0) is 39.8 Å². The Morgan fingerprint density at radius 2 is 2.07 bits per heavy atom. The molecule has 0 aromatic heterocycles. The molecule has 1 fully saturated rings. The highest BCUT2D eigenvalue weighted by molar-refractivity contribution is 5.80. The van der Waals surface area contributed by atoms with Crippen molar-refractivity contribution >= 4 is 5.91 Å². The molecule has 1 amide bonds. The number of piperidine rings is 1. The molecule has 1 aliphatic heterocycles. The van der Waals surface area contributed by atoms with Crippen molar-refractivity contribution in [3.8, 4) is 0 Å². The van der Waals surface area contributed by atoms with Gasteiger partial charge in [0, 0.05) is 7.05 Å². The van der Waals surface area contributed by atoms with Gasteiger partial charge in [0.15, 0.2) is 0 Å². The second-order valence-corrected chi connectivity index (χ2v) is 4.07. The number of likely N-dealkylation sites (N-methyl/N-ethyl adjacent to an activating group) is 1. The Labute approximate surface area is 85.4 Å². The van der Waals surface area contributed by atoms with E-state index in [0.29, 0.717) is 0 Å². The summed E-state index contributed by atoms with van der Waals surface area (Å²) >= 11 is 0. The fourth-order valence-corrected chi connectivity index (χ4v) is 1.76. The van der Waals surface area contributed by atoms with Crippen LogP contribution < -0.4 is 10.6 Å². The van der Waals surface area contributed by atoms with Gasteiger partial charge in [-0.2, -0.15) is 0 Å². The molecule has 0 aliphatic carbocycles. The van der Waals surface area contributed by atoms with Crippen molar-refractivity contribution in [2.24, 2.45) is 0 Å². The smallest absolute Gasteiger partial charge is 0.248 e. The van der Waals surface area contributed by atoms with E-state index in [1.165, 1.54) is 0 Å². The number of ether oxygens (including phenoxy) is 1. The van der Waals surface area contributed by atoms with Crippen molar-refractivity contribution in [2.75, 3.05) is 20.1 Å². The molecule has 2 N–H and O–H groups in total. The highest BCUT2D eigenvalue weighted by Crippen LogP contribution is 2.23. The van der Waals surface area contributed by atoms with E-state index < -0.39 is 0 Å². The van der Waals surface area contributed by atoms with Crippen LogP contribution >= 0.6 is 0 Å². The van der Waals surface area contributed by atoms with Crippen LogP contribution in [-0.4, -0.2) is 37.7 Å². The van der Waals surface area contributed by atoms with Gasteiger partial charge in [-0.15, -0.1) is 0 Å². The normalized spacial score (nSPS) is 22.8. The lowest BCUT2D eigenvalue weighted by atomic mass is 9.94. The quantitative estimate of drug-likeness (QED) is 0.688. The zero-order chi connectivity index (χ0) is 10.6. The molecular formula is C10H20N2O2. The SMILES string of the molecule is CNC(=O)C(C)OC1(C)CCNCC1. The highest BCUT2D eigenvalue weighted by atomic mass is 16.5. The van der Waals surface area contributed by atoms with E-state index in [1.54, 1.807) is 14.0 Å². The molecule has 0 saturated carbocycles. The topological polar surface area (TPSA) is 50.4 Å². The molecule has 1 saturated heterocycles. The van der Waals surface area contributed by atoms with Crippen LogP contribution in [0.5, 0.6) is 0 Å². The van der Waals surface area contributed by atoms with Gasteiger partial charge >= 0.3 is 0 Å². The Morgan fingerprint density at radius 3 is 2.57 bits per heavy atom. The van der Waals surface area contributed by atoms with Crippen LogP contribution in [0.15, 0.2) is 0 Å². The molecule has 1 rings (SSSR count). The van der Waals surface area contributed by atoms with E-state index in [9.17, 15) is 4.79 Å². The van der Waals surface area contributed by atoms with Crippen LogP contribution in [0.4, 0.5) is 0 Å². The van der Waals surface area contributed by atoms with E-state index in [0.717, 1.165) is 25.9 Å². The summed E-state index contributed by atoms with van der Waals surface area (Å²) in [6.07, 6.45) is 1.57. The average Bonchev–Trinajstić information content (AvgIpc) is 2.17. The van der Waals surface area contributed by atoms with Crippen molar-refractivity contribution in [3.63, 3.8) is 0 Å². The molecule has 0 spiro atoms. The van der Waals surface area contributed by atoms with Crippen LogP contribution in [0.3, 0.4) is 0 Å². The molecule has 0 bridgehead atoms. The number of carbonyl (C=O) groups excluding carboxylic acids is 1. The van der Waals surface area contributed by atoms with Gasteiger partial charge < -0.3 is 15.4 Å². The van der Waals surface area contributed by atoms with Gasteiger partial charge in [0.25, 0.3) is 0 Å². The van der Waals surface area contributed by atoms with Crippen molar-refractivity contribution in [2.45, 2.75) is 38.4 Å². The molecule has 4 nitrogen and oxygen atoms in total. The number of amides is 1. The number of hydrogen-bond donors (Lipinski definition) is 2. The van der Waals surface area contributed by atoms with Gasteiger partial charge in [0.2, 0.25) is 5.91 Å². The number of nitrogens with one attached hydrogen (secondary N) is 2. The van der Waals surface area contributed by atoms with E-state index in [2.05, 4.69) is 17.6 Å². The van der Waals surface area contributed by atoms with E-state index in [-0.39, 0.29) is 17.6 Å². The zero-order valence-corrected chi connectivity index (χ0v) is 9.22. The van der Waals surface area contributed by atoms with Crippen LogP contribution in [0.2, 0.25) is 0 Å². The first-order valence-corrected chi connectivity index (χ1v) is 5.17. The van der Waals surface area contributed by atoms with Crippen LogP contribution in [-0.2, 0) is 9.53 Å². The van der Waals surface area contributed by atoms with E-state index in [4.69, 9.17) is 4.74 Å². The Bertz CT molecular complexity index is 200. The average molecular weight is 200 g/mol. The van der Waals surface area contributed by atoms with Gasteiger partial charge in [-0.1, -0.05) is 0 Å². The Kier molecular flexibility index (Phi) is 3.89. The van der Waals surface area contributed by atoms with Crippen LogP contribution in [0, 0.1) is 0 Å². The molecule has 1 unspecified atom stereocenters. The minimum atomic E-state index is -0.358. The van der Waals surface area contributed by atoms with Gasteiger partial charge in [-0.3, -0.25) is 4.79 Å². The van der Waals surface area contributed by atoms with E-state index in [1.807, 2.05) is 0 Å². The Balaban J connectivity index is 2.44. The molecule has 0 aromatic carbocycles. The first-order valence-electron chi connectivity index (χ1n) is 5.17. The monoisotopic (exact) mass is 200 g/mol. The standard InChI is InChI=1S/C10H20N2O2/c1-8(9(13)11-3)14-10(2)4-6-12-7-5-10/h8,12H,4-7H2,1-3H3,(H,11,13). The maximum Gasteiger partial charge on any atom is 0.248 e. The third-order valence-corrected chi connectivity index (χ3v) is 2.74. The number of carbonyl (C=O) groups is 1. The minimum Gasteiger partial charge on any atom is -0.362 e. The highest BCUT2D eigenvalue weighted by Gasteiger charge is 2.31. The molecule has 0 radical (unpaired) electrons. The summed E-state index contributed by atoms with van der Waals surface area (Å²) in [7, 11) is 1.63. The Morgan fingerprint density at radius 1 is 1.50 bits per heavy atom.